The van der Waals surface area contributed by atoms with Crippen LogP contribution in [0.1, 0.15) is 26.2 Å². The van der Waals surface area contributed by atoms with Crippen molar-refractivity contribution >= 4 is 0 Å². The van der Waals surface area contributed by atoms with Gasteiger partial charge in [0.2, 0.25) is 0 Å². The number of nitrogens with one attached hydrogen (secondary N) is 1. The average molecular weight is 143 g/mol. The van der Waals surface area contributed by atoms with E-state index in [0.717, 1.165) is 6.61 Å². The lowest BCUT2D eigenvalue weighted by molar-refractivity contribution is -0.0562. The van der Waals surface area contributed by atoms with E-state index >= 15 is 0 Å². The molecule has 1 fully saturated rings. The normalized spacial score (nSPS) is 27.6. The smallest absolute Gasteiger partial charge is 0.0597 e. The Morgan fingerprint density at radius 3 is 2.80 bits per heavy atom. The molecule has 1 rings (SSSR count). The fourth-order valence-corrected chi connectivity index (χ4v) is 1.09. The monoisotopic (exact) mass is 143 g/mol. The van der Waals surface area contributed by atoms with E-state index in [1.165, 1.54) is 19.3 Å². The van der Waals surface area contributed by atoms with E-state index in [1.54, 1.807) is 0 Å². The highest BCUT2D eigenvalue weighted by molar-refractivity contribution is 4.69. The van der Waals surface area contributed by atoms with Crippen LogP contribution in [0.25, 0.3) is 0 Å². The molecule has 2 unspecified atom stereocenters. The van der Waals surface area contributed by atoms with Gasteiger partial charge in [-0.25, -0.2) is 0 Å². The maximum absolute atomic E-state index is 5.30. The maximum Gasteiger partial charge on any atom is 0.0597 e. The summed E-state index contributed by atoms with van der Waals surface area (Å²) < 4.78 is 5.30. The van der Waals surface area contributed by atoms with E-state index in [9.17, 15) is 0 Å². The summed E-state index contributed by atoms with van der Waals surface area (Å²) in [4.78, 5) is 0. The Labute approximate surface area is 63.0 Å². The van der Waals surface area contributed by atoms with Crippen LogP contribution in [0.4, 0.5) is 0 Å². The predicted octanol–water partition coefficient (Wildman–Crippen LogP) is 1.16. The van der Waals surface area contributed by atoms with Gasteiger partial charge in [0.15, 0.2) is 0 Å². The van der Waals surface area contributed by atoms with Crippen molar-refractivity contribution in [3.63, 3.8) is 0 Å². The molecule has 2 nitrogen and oxygen atoms in total. The molecule has 0 aliphatic carbocycles. The molecule has 2 atom stereocenters. The van der Waals surface area contributed by atoms with Gasteiger partial charge in [-0.3, -0.25) is 0 Å². The zero-order valence-electron chi connectivity index (χ0n) is 6.89. The first-order valence-corrected chi connectivity index (χ1v) is 4.12. The Morgan fingerprint density at radius 1 is 1.70 bits per heavy atom. The second-order valence-electron chi connectivity index (χ2n) is 3.05. The second kappa shape index (κ2) is 3.94. The summed E-state index contributed by atoms with van der Waals surface area (Å²) in [7, 11) is 2.01. The Kier molecular flexibility index (Phi) is 3.16. The van der Waals surface area contributed by atoms with Crippen molar-refractivity contribution in [3.05, 3.63) is 0 Å². The number of hydrogen-bond donors (Lipinski definition) is 1. The van der Waals surface area contributed by atoms with Crippen LogP contribution in [0.3, 0.4) is 0 Å². The molecule has 0 radical (unpaired) electrons. The molecule has 1 N–H and O–H groups in total. The van der Waals surface area contributed by atoms with Gasteiger partial charge in [-0.05, 0) is 33.2 Å². The third-order valence-electron chi connectivity index (χ3n) is 2.21. The lowest BCUT2D eigenvalue weighted by Crippen LogP contribution is -2.29. The minimum absolute atomic E-state index is 0.579. The van der Waals surface area contributed by atoms with Gasteiger partial charge in [-0.2, -0.15) is 0 Å². The standard InChI is InChI=1S/C8H17NO/c1-7(9-2)3-4-8-5-6-10-8/h7-9H,3-6H2,1-2H3. The lowest BCUT2D eigenvalue weighted by atomic mass is 10.0. The summed E-state index contributed by atoms with van der Waals surface area (Å²) >= 11 is 0. The Morgan fingerprint density at radius 2 is 2.40 bits per heavy atom. The van der Waals surface area contributed by atoms with Crippen LogP contribution in [-0.4, -0.2) is 25.8 Å². The molecule has 60 valence electrons. The van der Waals surface area contributed by atoms with E-state index < -0.39 is 0 Å². The summed E-state index contributed by atoms with van der Waals surface area (Å²) in [6.45, 7) is 3.19. The van der Waals surface area contributed by atoms with E-state index in [2.05, 4.69) is 12.2 Å². The number of rotatable bonds is 4. The van der Waals surface area contributed by atoms with Crippen LogP contribution in [0.15, 0.2) is 0 Å². The molecule has 1 heterocycles. The molecule has 0 aromatic carbocycles. The van der Waals surface area contributed by atoms with E-state index in [4.69, 9.17) is 4.74 Å². The van der Waals surface area contributed by atoms with Gasteiger partial charge < -0.3 is 10.1 Å². The molecule has 0 spiro atoms. The van der Waals surface area contributed by atoms with Gasteiger partial charge in [0.1, 0.15) is 0 Å². The van der Waals surface area contributed by atoms with Gasteiger partial charge in [0.25, 0.3) is 0 Å². The van der Waals surface area contributed by atoms with E-state index in [-0.39, 0.29) is 0 Å². The van der Waals surface area contributed by atoms with Crippen molar-refractivity contribution in [1.29, 1.82) is 0 Å². The zero-order valence-corrected chi connectivity index (χ0v) is 6.89. The van der Waals surface area contributed by atoms with Crippen LogP contribution < -0.4 is 5.32 Å². The first-order valence-electron chi connectivity index (χ1n) is 4.12. The molecule has 0 amide bonds. The van der Waals surface area contributed by atoms with Gasteiger partial charge in [-0.1, -0.05) is 0 Å². The van der Waals surface area contributed by atoms with Crippen LogP contribution in [-0.2, 0) is 4.74 Å². The Hall–Kier alpha value is -0.0800. The minimum atomic E-state index is 0.579. The van der Waals surface area contributed by atoms with Crippen molar-refractivity contribution in [1.82, 2.24) is 5.32 Å². The highest BCUT2D eigenvalue weighted by Gasteiger charge is 2.17. The molecule has 0 saturated carbocycles. The molecule has 0 aromatic rings. The van der Waals surface area contributed by atoms with Gasteiger partial charge in [0.05, 0.1) is 6.10 Å². The molecule has 10 heavy (non-hydrogen) atoms. The first-order chi connectivity index (χ1) is 4.83. The molecule has 0 bridgehead atoms. The summed E-state index contributed by atoms with van der Waals surface area (Å²) in [5.41, 5.74) is 0. The second-order valence-corrected chi connectivity index (χ2v) is 3.05. The molecular formula is C8H17NO. The van der Waals surface area contributed by atoms with Crippen LogP contribution >= 0.6 is 0 Å². The Balaban J connectivity index is 1.93. The SMILES string of the molecule is CNC(C)CCC1CCO1. The largest absolute Gasteiger partial charge is 0.378 e. The summed E-state index contributed by atoms with van der Waals surface area (Å²) in [6, 6.07) is 0.643. The minimum Gasteiger partial charge on any atom is -0.378 e. The van der Waals surface area contributed by atoms with Crippen LogP contribution in [0.5, 0.6) is 0 Å². The van der Waals surface area contributed by atoms with Gasteiger partial charge in [0, 0.05) is 12.6 Å². The fraction of sp³-hybridized carbons (Fsp3) is 1.00. The summed E-state index contributed by atoms with van der Waals surface area (Å²) in [5, 5.41) is 3.21. The van der Waals surface area contributed by atoms with Crippen molar-refractivity contribution in [2.45, 2.75) is 38.3 Å². The first kappa shape index (κ1) is 8.02. The fourth-order valence-electron chi connectivity index (χ4n) is 1.09. The summed E-state index contributed by atoms with van der Waals surface area (Å²) in [5.74, 6) is 0. The highest BCUT2D eigenvalue weighted by Crippen LogP contribution is 2.16. The van der Waals surface area contributed by atoms with Crippen LogP contribution in [0, 0.1) is 0 Å². The quantitative estimate of drug-likeness (QED) is 0.637. The third kappa shape index (κ3) is 2.27. The number of ether oxygens (including phenoxy) is 1. The molecule has 0 aromatic heterocycles. The highest BCUT2D eigenvalue weighted by atomic mass is 16.5. The molecule has 1 aliphatic heterocycles. The molecular weight excluding hydrogens is 126 g/mol. The number of hydrogen-bond acceptors (Lipinski definition) is 2. The zero-order chi connectivity index (χ0) is 7.40. The van der Waals surface area contributed by atoms with Crippen molar-refractivity contribution in [2.24, 2.45) is 0 Å². The van der Waals surface area contributed by atoms with E-state index in [0.29, 0.717) is 12.1 Å². The van der Waals surface area contributed by atoms with Crippen LogP contribution in [0.2, 0.25) is 0 Å². The topological polar surface area (TPSA) is 21.3 Å². The maximum atomic E-state index is 5.30. The molecule has 1 aliphatic rings. The van der Waals surface area contributed by atoms with Gasteiger partial charge >= 0.3 is 0 Å². The third-order valence-corrected chi connectivity index (χ3v) is 2.21. The molecule has 1 saturated heterocycles. The van der Waals surface area contributed by atoms with Crippen molar-refractivity contribution in [3.8, 4) is 0 Å². The van der Waals surface area contributed by atoms with Crippen molar-refractivity contribution in [2.75, 3.05) is 13.7 Å². The van der Waals surface area contributed by atoms with E-state index in [1.807, 2.05) is 7.05 Å². The summed E-state index contributed by atoms with van der Waals surface area (Å²) in [6.07, 6.45) is 4.32. The molecule has 2 heteroatoms. The Bertz CT molecular complexity index is 86.5. The average Bonchev–Trinajstić information content (AvgIpc) is 1.84. The predicted molar refractivity (Wildman–Crippen MR) is 42.1 cm³/mol. The van der Waals surface area contributed by atoms with Gasteiger partial charge in [-0.15, -0.1) is 0 Å². The van der Waals surface area contributed by atoms with Crippen molar-refractivity contribution < 1.29 is 4.74 Å². The lowest BCUT2D eigenvalue weighted by Gasteiger charge is -2.27.